The number of Topliss-reactive ketones (excluding diaryl/α,β-unsaturated/α-hetero) is 1. The molecule has 138 valence electrons. The number of carbonyl (C=O) groups excluding carboxylic acids is 1. The zero-order chi connectivity index (χ0) is 18.9. The van der Waals surface area contributed by atoms with Crippen molar-refractivity contribution in [3.63, 3.8) is 0 Å². The Balaban J connectivity index is 1.75. The molecule has 1 unspecified atom stereocenters. The lowest BCUT2D eigenvalue weighted by molar-refractivity contribution is -0.0417. The fourth-order valence-corrected chi connectivity index (χ4v) is 3.11. The number of aryl methyl sites for hydroxylation is 1. The molecule has 26 heavy (non-hydrogen) atoms. The van der Waals surface area contributed by atoms with Crippen LogP contribution in [-0.4, -0.2) is 34.8 Å². The molecule has 1 atom stereocenters. The predicted molar refractivity (Wildman–Crippen MR) is 98.2 cm³/mol. The van der Waals surface area contributed by atoms with Crippen molar-refractivity contribution in [3.05, 3.63) is 53.1 Å². The van der Waals surface area contributed by atoms with Gasteiger partial charge < -0.3 is 19.7 Å². The molecule has 0 aromatic heterocycles. The van der Waals surface area contributed by atoms with Crippen molar-refractivity contribution < 1.29 is 24.5 Å². The third kappa shape index (κ3) is 3.53. The molecule has 3 rings (SSSR count). The minimum Gasteiger partial charge on any atom is -0.507 e. The van der Waals surface area contributed by atoms with E-state index in [9.17, 15) is 15.0 Å². The average Bonchev–Trinajstić information content (AvgIpc) is 2.62. The van der Waals surface area contributed by atoms with Crippen LogP contribution in [0.25, 0.3) is 0 Å². The molecule has 2 N–H and O–H groups in total. The van der Waals surface area contributed by atoms with Crippen LogP contribution in [0.1, 0.15) is 41.8 Å². The fraction of sp³-hybridized carbons (Fsp3) is 0.381. The third-order valence-electron chi connectivity index (χ3n) is 4.91. The minimum absolute atomic E-state index is 0.0863. The highest BCUT2D eigenvalue weighted by atomic mass is 16.5. The van der Waals surface area contributed by atoms with Crippen LogP contribution >= 0.6 is 0 Å². The Bertz CT molecular complexity index is 808. The van der Waals surface area contributed by atoms with Crippen molar-refractivity contribution in [2.45, 2.75) is 44.8 Å². The van der Waals surface area contributed by atoms with Gasteiger partial charge in [-0.15, -0.1) is 0 Å². The first-order valence-corrected chi connectivity index (χ1v) is 8.70. The van der Waals surface area contributed by atoms with Crippen LogP contribution in [0.2, 0.25) is 0 Å². The Hall–Kier alpha value is -2.53. The Morgan fingerprint density at radius 3 is 2.58 bits per heavy atom. The Morgan fingerprint density at radius 1 is 1.23 bits per heavy atom. The molecule has 0 radical (unpaired) electrons. The van der Waals surface area contributed by atoms with Gasteiger partial charge in [-0.3, -0.25) is 4.79 Å². The number of ketones is 1. The van der Waals surface area contributed by atoms with Crippen molar-refractivity contribution in [2.75, 3.05) is 7.11 Å². The highest BCUT2D eigenvalue weighted by Gasteiger charge is 2.37. The first-order valence-electron chi connectivity index (χ1n) is 8.70. The molecule has 5 nitrogen and oxygen atoms in total. The number of hydrogen-bond acceptors (Lipinski definition) is 5. The molecule has 0 amide bonds. The number of methoxy groups -OCH3 is 1. The van der Waals surface area contributed by atoms with Crippen molar-refractivity contribution >= 4 is 5.78 Å². The van der Waals surface area contributed by atoms with Crippen LogP contribution in [0.5, 0.6) is 17.2 Å². The van der Waals surface area contributed by atoms with Gasteiger partial charge in [-0.05, 0) is 50.1 Å². The molecule has 2 aromatic carbocycles. The van der Waals surface area contributed by atoms with Crippen LogP contribution in [0.15, 0.2) is 36.4 Å². The highest BCUT2D eigenvalue weighted by molar-refractivity contribution is 5.99. The van der Waals surface area contributed by atoms with Gasteiger partial charge in [0.15, 0.2) is 5.78 Å². The molecule has 0 aliphatic carbocycles. The molecular weight excluding hydrogens is 332 g/mol. The van der Waals surface area contributed by atoms with E-state index < -0.39 is 11.7 Å². The molecule has 2 aromatic rings. The number of phenolic OH excluding ortho intramolecular Hbond substituents is 1. The summed E-state index contributed by atoms with van der Waals surface area (Å²) in [7, 11) is 1.61. The second-order valence-corrected chi connectivity index (χ2v) is 7.14. The van der Waals surface area contributed by atoms with Gasteiger partial charge in [0.2, 0.25) is 0 Å². The summed E-state index contributed by atoms with van der Waals surface area (Å²) < 4.78 is 10.9. The Morgan fingerprint density at radius 2 is 1.92 bits per heavy atom. The van der Waals surface area contributed by atoms with Crippen LogP contribution in [0.3, 0.4) is 0 Å². The number of aliphatic hydroxyl groups is 1. The fourth-order valence-electron chi connectivity index (χ4n) is 3.11. The summed E-state index contributed by atoms with van der Waals surface area (Å²) in [4.78, 5) is 12.6. The van der Waals surface area contributed by atoms with E-state index in [4.69, 9.17) is 9.47 Å². The topological polar surface area (TPSA) is 76.0 Å². The zero-order valence-corrected chi connectivity index (χ0v) is 15.3. The van der Waals surface area contributed by atoms with Gasteiger partial charge in [-0.25, -0.2) is 0 Å². The first-order chi connectivity index (χ1) is 12.3. The van der Waals surface area contributed by atoms with Crippen molar-refractivity contribution in [1.29, 1.82) is 0 Å². The normalized spacial score (nSPS) is 17.9. The number of carbonyl (C=O) groups is 1. The summed E-state index contributed by atoms with van der Waals surface area (Å²) in [6.07, 6.45) is 0.373. The summed E-state index contributed by atoms with van der Waals surface area (Å²) in [6.45, 7) is 3.59. The smallest absolute Gasteiger partial charge is 0.166 e. The molecule has 0 spiro atoms. The third-order valence-corrected chi connectivity index (χ3v) is 4.91. The molecule has 0 saturated carbocycles. The SMILES string of the molecule is COc1ccc(CCC(=O)c2ccc3c(c2O)CC(O)C(C)(C)O3)cc1. The number of ether oxygens (including phenoxy) is 2. The number of fused-ring (bicyclic) bond motifs is 1. The van der Waals surface area contributed by atoms with Gasteiger partial charge in [0, 0.05) is 18.4 Å². The van der Waals surface area contributed by atoms with Gasteiger partial charge in [-0.2, -0.15) is 0 Å². The molecule has 1 aliphatic rings. The van der Waals surface area contributed by atoms with E-state index in [0.29, 0.717) is 17.7 Å². The van der Waals surface area contributed by atoms with E-state index in [1.807, 2.05) is 24.3 Å². The summed E-state index contributed by atoms with van der Waals surface area (Å²) in [5.41, 5.74) is 1.07. The average molecular weight is 356 g/mol. The van der Waals surface area contributed by atoms with Crippen molar-refractivity contribution in [1.82, 2.24) is 0 Å². The zero-order valence-electron chi connectivity index (χ0n) is 15.3. The highest BCUT2D eigenvalue weighted by Crippen LogP contribution is 2.40. The second-order valence-electron chi connectivity index (χ2n) is 7.14. The van der Waals surface area contributed by atoms with E-state index in [1.54, 1.807) is 33.1 Å². The number of benzene rings is 2. The van der Waals surface area contributed by atoms with Gasteiger partial charge in [0.25, 0.3) is 0 Å². The molecule has 5 heteroatoms. The molecule has 1 aliphatic heterocycles. The number of rotatable bonds is 5. The van der Waals surface area contributed by atoms with E-state index in [-0.39, 0.29) is 29.9 Å². The molecule has 1 heterocycles. The second kappa shape index (κ2) is 7.00. The maximum Gasteiger partial charge on any atom is 0.166 e. The number of aliphatic hydroxyl groups excluding tert-OH is 1. The van der Waals surface area contributed by atoms with Crippen LogP contribution < -0.4 is 9.47 Å². The lowest BCUT2D eigenvalue weighted by Crippen LogP contribution is -2.46. The van der Waals surface area contributed by atoms with E-state index in [1.165, 1.54) is 0 Å². The summed E-state index contributed by atoms with van der Waals surface area (Å²) in [6, 6.07) is 10.9. The van der Waals surface area contributed by atoms with Crippen LogP contribution in [0.4, 0.5) is 0 Å². The van der Waals surface area contributed by atoms with Gasteiger partial charge >= 0.3 is 0 Å². The number of aromatic hydroxyl groups is 1. The maximum absolute atomic E-state index is 12.6. The van der Waals surface area contributed by atoms with E-state index in [0.717, 1.165) is 11.3 Å². The number of phenols is 1. The van der Waals surface area contributed by atoms with Crippen molar-refractivity contribution in [3.8, 4) is 17.2 Å². The molecular formula is C21H24O5. The number of hydrogen-bond donors (Lipinski definition) is 2. The van der Waals surface area contributed by atoms with Crippen LogP contribution in [0, 0.1) is 0 Å². The first kappa shape index (κ1) is 18.3. The molecule has 0 saturated heterocycles. The van der Waals surface area contributed by atoms with Crippen molar-refractivity contribution in [2.24, 2.45) is 0 Å². The molecule has 0 fully saturated rings. The Labute approximate surface area is 153 Å². The standard InChI is InChI=1S/C21H24O5/c1-21(2)19(23)12-16-18(26-21)11-9-15(20(16)24)17(22)10-6-13-4-7-14(25-3)8-5-13/h4-5,7-9,11,19,23-24H,6,10,12H2,1-3H3. The summed E-state index contributed by atoms with van der Waals surface area (Å²) >= 11 is 0. The minimum atomic E-state index is -0.745. The predicted octanol–water partition coefficient (Wildman–Crippen LogP) is 3.29. The Kier molecular flexibility index (Phi) is 4.92. The van der Waals surface area contributed by atoms with Gasteiger partial charge in [-0.1, -0.05) is 12.1 Å². The van der Waals surface area contributed by atoms with Crippen LogP contribution in [-0.2, 0) is 12.8 Å². The summed E-state index contributed by atoms with van der Waals surface area (Å²) in [5.74, 6) is 1.07. The lowest BCUT2D eigenvalue weighted by atomic mass is 9.89. The summed E-state index contributed by atoms with van der Waals surface area (Å²) in [5, 5.41) is 20.7. The quantitative estimate of drug-likeness (QED) is 0.804. The molecule has 0 bridgehead atoms. The maximum atomic E-state index is 12.6. The van der Waals surface area contributed by atoms with E-state index in [2.05, 4.69) is 0 Å². The van der Waals surface area contributed by atoms with Gasteiger partial charge in [0.05, 0.1) is 18.8 Å². The lowest BCUT2D eigenvalue weighted by Gasteiger charge is -2.37. The monoisotopic (exact) mass is 356 g/mol. The largest absolute Gasteiger partial charge is 0.507 e. The van der Waals surface area contributed by atoms with E-state index >= 15 is 0 Å². The van der Waals surface area contributed by atoms with Gasteiger partial charge in [0.1, 0.15) is 22.8 Å².